The molecule has 0 aromatic heterocycles. The summed E-state index contributed by atoms with van der Waals surface area (Å²) in [7, 11) is 0. The molecule has 0 spiro atoms. The van der Waals surface area contributed by atoms with Gasteiger partial charge in [-0.15, -0.1) is 0 Å². The van der Waals surface area contributed by atoms with Crippen LogP contribution in [0.25, 0.3) is 6.08 Å². The summed E-state index contributed by atoms with van der Waals surface area (Å²) in [6.45, 7) is 0. The van der Waals surface area contributed by atoms with Crippen LogP contribution in [0.4, 0.5) is 0 Å². The van der Waals surface area contributed by atoms with Gasteiger partial charge in [0.2, 0.25) is 0 Å². The largest absolute Gasteiger partial charge is 0.457 e. The Labute approximate surface area is 137 Å². The molecule has 4 nitrogen and oxygen atoms in total. The minimum Gasteiger partial charge on any atom is -0.457 e. The van der Waals surface area contributed by atoms with Crippen molar-refractivity contribution in [1.82, 2.24) is 5.01 Å². The first-order valence-corrected chi connectivity index (χ1v) is 7.71. The van der Waals surface area contributed by atoms with Crippen LogP contribution in [0.1, 0.15) is 5.56 Å². The minimum absolute atomic E-state index is 0.278. The van der Waals surface area contributed by atoms with Crippen LogP contribution in [0.2, 0.25) is 0 Å². The first kappa shape index (κ1) is 14.8. The van der Waals surface area contributed by atoms with Gasteiger partial charge in [0.25, 0.3) is 5.91 Å². The van der Waals surface area contributed by atoms with E-state index in [4.69, 9.17) is 22.8 Å². The maximum Gasteiger partial charge on any atom is 0.280 e. The van der Waals surface area contributed by atoms with Crippen molar-refractivity contribution in [1.29, 1.82) is 0 Å². The topological polar surface area (TPSA) is 55.6 Å². The second-order valence-corrected chi connectivity index (χ2v) is 6.21. The van der Waals surface area contributed by atoms with Gasteiger partial charge in [-0.25, -0.2) is 10.9 Å². The normalized spacial score (nSPS) is 16.4. The molecular weight excluding hydrogens is 316 g/mol. The van der Waals surface area contributed by atoms with Gasteiger partial charge < -0.3 is 4.74 Å². The lowest BCUT2D eigenvalue weighted by atomic mass is 10.2. The Balaban J connectivity index is 1.75. The Morgan fingerprint density at radius 1 is 1.05 bits per heavy atom. The molecule has 1 heterocycles. The number of hydrogen-bond donors (Lipinski definition) is 1. The number of carbonyl (C=O) groups excluding carboxylic acids is 1. The van der Waals surface area contributed by atoms with Crippen LogP contribution in [0.15, 0.2) is 59.5 Å². The highest BCUT2D eigenvalue weighted by Gasteiger charge is 2.29. The van der Waals surface area contributed by atoms with E-state index in [1.165, 1.54) is 11.8 Å². The van der Waals surface area contributed by atoms with Gasteiger partial charge in [0.05, 0.1) is 4.91 Å². The van der Waals surface area contributed by atoms with Crippen molar-refractivity contribution < 1.29 is 9.53 Å². The van der Waals surface area contributed by atoms with E-state index in [0.29, 0.717) is 9.23 Å². The zero-order valence-electron chi connectivity index (χ0n) is 11.4. The van der Waals surface area contributed by atoms with E-state index >= 15 is 0 Å². The highest BCUT2D eigenvalue weighted by molar-refractivity contribution is 8.26. The van der Waals surface area contributed by atoms with Crippen molar-refractivity contribution in [3.63, 3.8) is 0 Å². The molecule has 22 heavy (non-hydrogen) atoms. The smallest absolute Gasteiger partial charge is 0.280 e. The van der Waals surface area contributed by atoms with Crippen molar-refractivity contribution >= 4 is 40.3 Å². The predicted molar refractivity (Wildman–Crippen MR) is 92.2 cm³/mol. The molecule has 2 aromatic rings. The second kappa shape index (κ2) is 6.31. The third kappa shape index (κ3) is 3.19. The molecule has 0 aliphatic carbocycles. The van der Waals surface area contributed by atoms with E-state index in [0.717, 1.165) is 22.1 Å². The van der Waals surface area contributed by atoms with Crippen molar-refractivity contribution in [3.05, 3.63) is 65.1 Å². The van der Waals surface area contributed by atoms with Crippen LogP contribution in [0, 0.1) is 0 Å². The van der Waals surface area contributed by atoms with Gasteiger partial charge in [-0.3, -0.25) is 4.79 Å². The molecule has 1 fully saturated rings. The number of thioether (sulfide) groups is 1. The van der Waals surface area contributed by atoms with Gasteiger partial charge in [-0.05, 0) is 35.9 Å². The number of nitrogens with zero attached hydrogens (tertiary/aromatic N) is 1. The summed E-state index contributed by atoms with van der Waals surface area (Å²) in [5.74, 6) is 6.77. The van der Waals surface area contributed by atoms with E-state index < -0.39 is 0 Å². The standard InChI is InChI=1S/C16H12N2O2S2/c17-18-15(19)14(22-16(18)21)10-11-6-8-13(9-7-11)20-12-4-2-1-3-5-12/h1-10H,17H2/b14-10+. The fourth-order valence-electron chi connectivity index (χ4n) is 1.89. The van der Waals surface area contributed by atoms with Crippen molar-refractivity contribution in [3.8, 4) is 11.5 Å². The Kier molecular flexibility index (Phi) is 4.24. The Morgan fingerprint density at radius 2 is 1.68 bits per heavy atom. The molecule has 1 saturated heterocycles. The average molecular weight is 328 g/mol. The number of para-hydroxylation sites is 1. The Morgan fingerprint density at radius 3 is 2.27 bits per heavy atom. The fraction of sp³-hybridized carbons (Fsp3) is 0. The number of hydrazine groups is 1. The summed E-state index contributed by atoms with van der Waals surface area (Å²) < 4.78 is 6.08. The maximum absolute atomic E-state index is 11.8. The van der Waals surface area contributed by atoms with E-state index in [-0.39, 0.29) is 5.91 Å². The van der Waals surface area contributed by atoms with Crippen LogP contribution in [-0.2, 0) is 4.79 Å². The molecule has 1 amide bonds. The van der Waals surface area contributed by atoms with E-state index in [9.17, 15) is 4.79 Å². The summed E-state index contributed by atoms with van der Waals surface area (Å²) in [6, 6.07) is 17.0. The number of ether oxygens (including phenoxy) is 1. The molecule has 0 unspecified atom stereocenters. The molecule has 0 radical (unpaired) electrons. The lowest BCUT2D eigenvalue weighted by Crippen LogP contribution is -2.34. The number of benzene rings is 2. The Hall–Kier alpha value is -2.15. The lowest BCUT2D eigenvalue weighted by molar-refractivity contribution is -0.122. The van der Waals surface area contributed by atoms with Crippen LogP contribution < -0.4 is 10.6 Å². The summed E-state index contributed by atoms with van der Waals surface area (Å²) in [5, 5.41) is 0.985. The van der Waals surface area contributed by atoms with E-state index in [1.54, 1.807) is 6.08 Å². The van der Waals surface area contributed by atoms with Crippen LogP contribution in [0.3, 0.4) is 0 Å². The second-order valence-electron chi connectivity index (χ2n) is 4.54. The summed E-state index contributed by atoms with van der Waals surface area (Å²) in [5.41, 5.74) is 0.884. The van der Waals surface area contributed by atoms with Gasteiger partial charge >= 0.3 is 0 Å². The zero-order chi connectivity index (χ0) is 15.5. The van der Waals surface area contributed by atoms with Gasteiger partial charge in [-0.1, -0.05) is 54.3 Å². The molecule has 2 N–H and O–H groups in total. The molecule has 1 aliphatic rings. The monoisotopic (exact) mass is 328 g/mol. The molecule has 2 aromatic carbocycles. The van der Waals surface area contributed by atoms with Crippen molar-refractivity contribution in [2.45, 2.75) is 0 Å². The molecular formula is C16H12N2O2S2. The SMILES string of the molecule is NN1C(=O)/C(=C\c2ccc(Oc3ccccc3)cc2)SC1=S. The van der Waals surface area contributed by atoms with Crippen molar-refractivity contribution in [2.24, 2.45) is 5.84 Å². The number of nitrogens with two attached hydrogens (primary N) is 1. The van der Waals surface area contributed by atoms with Gasteiger partial charge in [0.15, 0.2) is 4.32 Å². The van der Waals surface area contributed by atoms with Crippen LogP contribution in [0.5, 0.6) is 11.5 Å². The van der Waals surface area contributed by atoms with Gasteiger partial charge in [0, 0.05) is 0 Å². The number of hydrogen-bond acceptors (Lipinski definition) is 5. The number of rotatable bonds is 3. The maximum atomic E-state index is 11.8. The highest BCUT2D eigenvalue weighted by Crippen LogP contribution is 2.31. The summed E-state index contributed by atoms with van der Waals surface area (Å²) in [6.07, 6.45) is 1.76. The molecule has 110 valence electrons. The third-order valence-electron chi connectivity index (χ3n) is 2.98. The molecule has 0 saturated carbocycles. The minimum atomic E-state index is -0.278. The van der Waals surface area contributed by atoms with E-state index in [2.05, 4.69) is 0 Å². The molecule has 0 bridgehead atoms. The van der Waals surface area contributed by atoms with Gasteiger partial charge in [0.1, 0.15) is 11.5 Å². The van der Waals surface area contributed by atoms with Crippen molar-refractivity contribution in [2.75, 3.05) is 0 Å². The number of carbonyl (C=O) groups is 1. The van der Waals surface area contributed by atoms with E-state index in [1.807, 2.05) is 54.6 Å². The molecule has 6 heteroatoms. The number of amides is 1. The third-order valence-corrected chi connectivity index (χ3v) is 4.31. The quantitative estimate of drug-likeness (QED) is 0.404. The molecule has 3 rings (SSSR count). The average Bonchev–Trinajstić information content (AvgIpc) is 2.77. The molecule has 0 atom stereocenters. The summed E-state index contributed by atoms with van der Waals surface area (Å²) in [4.78, 5) is 12.3. The first-order chi connectivity index (χ1) is 10.6. The predicted octanol–water partition coefficient (Wildman–Crippen LogP) is 3.55. The number of thiocarbonyl (C=S) groups is 1. The Bertz CT molecular complexity index is 743. The highest BCUT2D eigenvalue weighted by atomic mass is 32.2. The lowest BCUT2D eigenvalue weighted by Gasteiger charge is -2.05. The fourth-order valence-corrected chi connectivity index (χ4v) is 2.99. The first-order valence-electron chi connectivity index (χ1n) is 6.49. The van der Waals surface area contributed by atoms with Crippen LogP contribution in [-0.4, -0.2) is 15.2 Å². The van der Waals surface area contributed by atoms with Gasteiger partial charge in [-0.2, -0.15) is 0 Å². The summed E-state index contributed by atoms with van der Waals surface area (Å²) >= 11 is 6.18. The molecule has 1 aliphatic heterocycles. The van der Waals surface area contributed by atoms with Crippen LogP contribution >= 0.6 is 24.0 Å². The zero-order valence-corrected chi connectivity index (χ0v) is 13.1.